The number of aldehydes is 1. The lowest BCUT2D eigenvalue weighted by atomic mass is 10.2. The van der Waals surface area contributed by atoms with Crippen LogP contribution in [0, 0.1) is 0 Å². The molecule has 1 amide bonds. The summed E-state index contributed by atoms with van der Waals surface area (Å²) in [7, 11) is 1.63. The van der Waals surface area contributed by atoms with Gasteiger partial charge in [0.05, 0.1) is 0 Å². The van der Waals surface area contributed by atoms with Gasteiger partial charge >= 0.3 is 0 Å². The minimum absolute atomic E-state index is 0.0802. The average Bonchev–Trinajstić information content (AvgIpc) is 2.80. The largest absolute Gasteiger partial charge is 0.385 e. The van der Waals surface area contributed by atoms with Crippen molar-refractivity contribution in [2.24, 2.45) is 0 Å². The number of rotatable bonds is 7. The van der Waals surface area contributed by atoms with E-state index in [4.69, 9.17) is 4.74 Å². The molecule has 6 heteroatoms. The van der Waals surface area contributed by atoms with Gasteiger partial charge in [0.25, 0.3) is 0 Å². The molecule has 0 atom stereocenters. The molecule has 0 saturated carbocycles. The Morgan fingerprint density at radius 3 is 3.00 bits per heavy atom. The Balaban J connectivity index is 2.11. The first-order chi connectivity index (χ1) is 10.2. The molecule has 0 fully saturated rings. The highest BCUT2D eigenvalue weighted by Gasteiger charge is 2.11. The Labute approximate surface area is 131 Å². The molecule has 5 nitrogen and oxygen atoms in total. The van der Waals surface area contributed by atoms with Gasteiger partial charge in [0.15, 0.2) is 6.29 Å². The van der Waals surface area contributed by atoms with Crippen molar-refractivity contribution in [2.75, 3.05) is 20.3 Å². The second kappa shape index (κ2) is 7.38. The second-order valence-corrected chi connectivity index (χ2v) is 5.60. The maximum Gasteiger partial charge on any atom is 0.239 e. The standard InChI is InChI=1S/C15H17BrN2O3/c1-21-6-2-5-17-15(20)9-18-8-11(10-19)13-7-12(16)3-4-14(13)18/h3-4,7-8,10H,2,5-6,9H2,1H3,(H,17,20). The SMILES string of the molecule is COCCCNC(=O)Cn1cc(C=O)c2cc(Br)ccc21. The highest BCUT2D eigenvalue weighted by molar-refractivity contribution is 9.10. The van der Waals surface area contributed by atoms with E-state index in [2.05, 4.69) is 21.2 Å². The molecule has 0 aliphatic rings. The third-order valence-corrected chi connectivity index (χ3v) is 3.66. The average molecular weight is 353 g/mol. The molecule has 112 valence electrons. The first-order valence-electron chi connectivity index (χ1n) is 6.65. The van der Waals surface area contributed by atoms with Gasteiger partial charge in [-0.2, -0.15) is 0 Å². The number of carbonyl (C=O) groups excluding carboxylic acids is 2. The molecule has 2 aromatic rings. The number of methoxy groups -OCH3 is 1. The zero-order valence-corrected chi connectivity index (χ0v) is 13.4. The number of ether oxygens (including phenoxy) is 1. The van der Waals surface area contributed by atoms with Crippen LogP contribution in [-0.2, 0) is 16.1 Å². The minimum Gasteiger partial charge on any atom is -0.385 e. The van der Waals surface area contributed by atoms with Crippen molar-refractivity contribution in [3.8, 4) is 0 Å². The molecule has 21 heavy (non-hydrogen) atoms. The summed E-state index contributed by atoms with van der Waals surface area (Å²) in [6.07, 6.45) is 3.29. The minimum atomic E-state index is -0.0802. The lowest BCUT2D eigenvalue weighted by Crippen LogP contribution is -2.28. The summed E-state index contributed by atoms with van der Waals surface area (Å²) < 4.78 is 7.62. The first-order valence-corrected chi connectivity index (χ1v) is 7.44. The van der Waals surface area contributed by atoms with Crippen molar-refractivity contribution in [3.05, 3.63) is 34.4 Å². The van der Waals surface area contributed by atoms with E-state index >= 15 is 0 Å². The van der Waals surface area contributed by atoms with Crippen LogP contribution in [0.25, 0.3) is 10.9 Å². The normalized spacial score (nSPS) is 10.8. The smallest absolute Gasteiger partial charge is 0.239 e. The maximum atomic E-state index is 11.9. The Bertz CT molecular complexity index is 652. The monoisotopic (exact) mass is 352 g/mol. The van der Waals surface area contributed by atoms with E-state index in [9.17, 15) is 9.59 Å². The second-order valence-electron chi connectivity index (χ2n) is 4.69. The van der Waals surface area contributed by atoms with Crippen LogP contribution in [0.1, 0.15) is 16.8 Å². The Morgan fingerprint density at radius 1 is 1.48 bits per heavy atom. The summed E-state index contributed by atoms with van der Waals surface area (Å²) >= 11 is 3.39. The summed E-state index contributed by atoms with van der Waals surface area (Å²) in [5.41, 5.74) is 1.45. The van der Waals surface area contributed by atoms with Gasteiger partial charge in [-0.25, -0.2) is 0 Å². The van der Waals surface area contributed by atoms with Gasteiger partial charge in [0.1, 0.15) is 6.54 Å². The van der Waals surface area contributed by atoms with Crippen LogP contribution in [0.4, 0.5) is 0 Å². The molecule has 0 spiro atoms. The van der Waals surface area contributed by atoms with Gasteiger partial charge in [-0.3, -0.25) is 9.59 Å². The molecule has 0 aliphatic carbocycles. The van der Waals surface area contributed by atoms with Crippen molar-refractivity contribution < 1.29 is 14.3 Å². The first kappa shape index (κ1) is 15.7. The predicted molar refractivity (Wildman–Crippen MR) is 84.5 cm³/mol. The number of halogens is 1. The van der Waals surface area contributed by atoms with Gasteiger partial charge in [-0.1, -0.05) is 15.9 Å². The van der Waals surface area contributed by atoms with Crippen molar-refractivity contribution in [1.29, 1.82) is 0 Å². The molecular weight excluding hydrogens is 336 g/mol. The summed E-state index contributed by atoms with van der Waals surface area (Å²) in [5, 5.41) is 3.67. The number of nitrogens with zero attached hydrogens (tertiary/aromatic N) is 1. The topological polar surface area (TPSA) is 60.3 Å². The number of aromatic nitrogens is 1. The maximum absolute atomic E-state index is 11.9. The molecule has 0 saturated heterocycles. The van der Waals surface area contributed by atoms with Gasteiger partial charge in [0, 0.05) is 47.4 Å². The predicted octanol–water partition coefficient (Wildman–Crippen LogP) is 2.37. The Morgan fingerprint density at radius 2 is 2.29 bits per heavy atom. The highest BCUT2D eigenvalue weighted by Crippen LogP contribution is 2.24. The van der Waals surface area contributed by atoms with Crippen molar-refractivity contribution in [2.45, 2.75) is 13.0 Å². The van der Waals surface area contributed by atoms with E-state index in [1.807, 2.05) is 18.2 Å². The molecule has 1 aromatic carbocycles. The molecule has 0 unspecified atom stereocenters. The van der Waals surface area contributed by atoms with Gasteiger partial charge in [0.2, 0.25) is 5.91 Å². The molecule has 0 aliphatic heterocycles. The van der Waals surface area contributed by atoms with Crippen LogP contribution in [0.3, 0.4) is 0 Å². The van der Waals surface area contributed by atoms with Crippen molar-refractivity contribution >= 4 is 39.0 Å². The lowest BCUT2D eigenvalue weighted by Gasteiger charge is -2.07. The summed E-state index contributed by atoms with van der Waals surface area (Å²) in [5.74, 6) is -0.0802. The fourth-order valence-electron chi connectivity index (χ4n) is 2.18. The van der Waals surface area contributed by atoms with Crippen molar-refractivity contribution in [3.63, 3.8) is 0 Å². The van der Waals surface area contributed by atoms with E-state index in [0.717, 1.165) is 28.1 Å². The molecule has 0 radical (unpaired) electrons. The number of fused-ring (bicyclic) bond motifs is 1. The third kappa shape index (κ3) is 3.92. The Hall–Kier alpha value is -1.66. The molecule has 0 bridgehead atoms. The lowest BCUT2D eigenvalue weighted by molar-refractivity contribution is -0.121. The van der Waals surface area contributed by atoms with Gasteiger partial charge < -0.3 is 14.6 Å². The zero-order chi connectivity index (χ0) is 15.2. The van der Waals surface area contributed by atoms with Crippen LogP contribution in [-0.4, -0.2) is 37.0 Å². The molecule has 1 heterocycles. The molecule has 1 N–H and O–H groups in total. The van der Waals surface area contributed by atoms with E-state index in [-0.39, 0.29) is 12.5 Å². The zero-order valence-electron chi connectivity index (χ0n) is 11.8. The molecule has 1 aromatic heterocycles. The van der Waals surface area contributed by atoms with E-state index < -0.39 is 0 Å². The van der Waals surface area contributed by atoms with E-state index in [1.54, 1.807) is 17.9 Å². The number of hydrogen-bond donors (Lipinski definition) is 1. The number of benzene rings is 1. The van der Waals surface area contributed by atoms with Crippen LogP contribution in [0.5, 0.6) is 0 Å². The molecule has 2 rings (SSSR count). The van der Waals surface area contributed by atoms with Gasteiger partial charge in [-0.05, 0) is 24.6 Å². The third-order valence-electron chi connectivity index (χ3n) is 3.16. The summed E-state index contributed by atoms with van der Waals surface area (Å²) in [4.78, 5) is 23.0. The number of carbonyl (C=O) groups is 2. The Kier molecular flexibility index (Phi) is 5.52. The quantitative estimate of drug-likeness (QED) is 0.614. The van der Waals surface area contributed by atoms with Gasteiger partial charge in [-0.15, -0.1) is 0 Å². The van der Waals surface area contributed by atoms with Crippen LogP contribution < -0.4 is 5.32 Å². The van der Waals surface area contributed by atoms with Crippen LogP contribution in [0.15, 0.2) is 28.9 Å². The van der Waals surface area contributed by atoms with Crippen LogP contribution in [0.2, 0.25) is 0 Å². The van der Waals surface area contributed by atoms with E-state index in [1.165, 1.54) is 0 Å². The van der Waals surface area contributed by atoms with Crippen LogP contribution >= 0.6 is 15.9 Å². The molecular formula is C15H17BrN2O3. The highest BCUT2D eigenvalue weighted by atomic mass is 79.9. The van der Waals surface area contributed by atoms with E-state index in [0.29, 0.717) is 18.7 Å². The number of amides is 1. The number of hydrogen-bond acceptors (Lipinski definition) is 3. The fourth-order valence-corrected chi connectivity index (χ4v) is 2.54. The summed E-state index contributed by atoms with van der Waals surface area (Å²) in [6, 6.07) is 5.67. The summed E-state index contributed by atoms with van der Waals surface area (Å²) in [6.45, 7) is 1.40. The van der Waals surface area contributed by atoms with Crippen molar-refractivity contribution in [1.82, 2.24) is 9.88 Å². The number of nitrogens with one attached hydrogen (secondary N) is 1. The fraction of sp³-hybridized carbons (Fsp3) is 0.333.